The van der Waals surface area contributed by atoms with Crippen LogP contribution in [0.1, 0.15) is 17.5 Å². The highest BCUT2D eigenvalue weighted by Gasteiger charge is 2.06. The molecule has 0 saturated heterocycles. The standard InChI is InChI=1S/C12H14N2O2/c1-9-4-5-10(2)11(8-9)16-12(15)14-7-3-6-13/h4-5,8H,3,7H2,1-2H3,(H,14,15). The molecule has 84 valence electrons. The predicted molar refractivity (Wildman–Crippen MR) is 60.2 cm³/mol. The van der Waals surface area contributed by atoms with Crippen molar-refractivity contribution < 1.29 is 9.53 Å². The van der Waals surface area contributed by atoms with E-state index in [2.05, 4.69) is 5.32 Å². The molecule has 0 radical (unpaired) electrons. The lowest BCUT2D eigenvalue weighted by atomic mass is 10.1. The molecular formula is C12H14N2O2. The van der Waals surface area contributed by atoms with Gasteiger partial charge in [-0.3, -0.25) is 0 Å². The Balaban J connectivity index is 2.56. The Hall–Kier alpha value is -2.02. The van der Waals surface area contributed by atoms with Gasteiger partial charge >= 0.3 is 6.09 Å². The maximum absolute atomic E-state index is 11.3. The summed E-state index contributed by atoms with van der Waals surface area (Å²) in [5, 5.41) is 10.8. The molecule has 0 aliphatic rings. The normalized spacial score (nSPS) is 9.31. The zero-order valence-electron chi connectivity index (χ0n) is 9.41. The van der Waals surface area contributed by atoms with Crippen LogP contribution in [0.2, 0.25) is 0 Å². The number of ether oxygens (including phenoxy) is 1. The quantitative estimate of drug-likeness (QED) is 0.792. The minimum atomic E-state index is -0.524. The average Bonchev–Trinajstić information content (AvgIpc) is 2.24. The number of hydrogen-bond donors (Lipinski definition) is 1. The summed E-state index contributed by atoms with van der Waals surface area (Å²) in [6, 6.07) is 7.59. The molecule has 0 aliphatic carbocycles. The Morgan fingerprint density at radius 2 is 2.25 bits per heavy atom. The van der Waals surface area contributed by atoms with E-state index >= 15 is 0 Å². The number of nitriles is 1. The highest BCUT2D eigenvalue weighted by Crippen LogP contribution is 2.18. The van der Waals surface area contributed by atoms with Crippen LogP contribution < -0.4 is 10.1 Å². The summed E-state index contributed by atoms with van der Waals surface area (Å²) in [6.45, 7) is 4.11. The first-order chi connectivity index (χ1) is 7.63. The van der Waals surface area contributed by atoms with Crippen LogP contribution >= 0.6 is 0 Å². The Kier molecular flexibility index (Phi) is 4.34. The monoisotopic (exact) mass is 218 g/mol. The molecule has 1 amide bonds. The highest BCUT2D eigenvalue weighted by atomic mass is 16.6. The molecule has 16 heavy (non-hydrogen) atoms. The summed E-state index contributed by atoms with van der Waals surface area (Å²) in [5.74, 6) is 0.550. The van der Waals surface area contributed by atoms with Crippen LogP contribution in [0.5, 0.6) is 5.75 Å². The summed E-state index contributed by atoms with van der Waals surface area (Å²) in [4.78, 5) is 11.3. The third-order valence-electron chi connectivity index (χ3n) is 2.05. The SMILES string of the molecule is Cc1ccc(C)c(OC(=O)NCCC#N)c1. The van der Waals surface area contributed by atoms with Crippen LogP contribution in [-0.4, -0.2) is 12.6 Å². The van der Waals surface area contributed by atoms with E-state index in [0.29, 0.717) is 12.3 Å². The molecular weight excluding hydrogens is 204 g/mol. The molecule has 1 rings (SSSR count). The Bertz CT molecular complexity index is 422. The lowest BCUT2D eigenvalue weighted by molar-refractivity contribution is 0.200. The molecule has 4 nitrogen and oxygen atoms in total. The molecule has 4 heteroatoms. The fourth-order valence-corrected chi connectivity index (χ4v) is 1.17. The van der Waals surface area contributed by atoms with Crippen molar-refractivity contribution in [1.82, 2.24) is 5.32 Å². The van der Waals surface area contributed by atoms with Gasteiger partial charge in [0.05, 0.1) is 12.5 Å². The van der Waals surface area contributed by atoms with Crippen molar-refractivity contribution in [1.29, 1.82) is 5.26 Å². The number of carbonyl (C=O) groups is 1. The Morgan fingerprint density at radius 1 is 1.50 bits per heavy atom. The van der Waals surface area contributed by atoms with Gasteiger partial charge < -0.3 is 10.1 Å². The van der Waals surface area contributed by atoms with Gasteiger partial charge in [-0.25, -0.2) is 4.79 Å². The fraction of sp³-hybridized carbons (Fsp3) is 0.333. The molecule has 0 bridgehead atoms. The second kappa shape index (κ2) is 5.76. The molecule has 1 aromatic rings. The van der Waals surface area contributed by atoms with Crippen molar-refractivity contribution in [2.45, 2.75) is 20.3 Å². The van der Waals surface area contributed by atoms with Crippen LogP contribution in [0.15, 0.2) is 18.2 Å². The number of hydrogen-bond acceptors (Lipinski definition) is 3. The zero-order valence-corrected chi connectivity index (χ0v) is 9.41. The van der Waals surface area contributed by atoms with E-state index in [4.69, 9.17) is 10.00 Å². The van der Waals surface area contributed by atoms with Crippen LogP contribution in [0.3, 0.4) is 0 Å². The highest BCUT2D eigenvalue weighted by molar-refractivity contribution is 5.70. The van der Waals surface area contributed by atoms with Crippen LogP contribution in [0.25, 0.3) is 0 Å². The number of nitrogens with zero attached hydrogens (tertiary/aromatic N) is 1. The van der Waals surface area contributed by atoms with Gasteiger partial charge in [0.1, 0.15) is 5.75 Å². The van der Waals surface area contributed by atoms with Gasteiger partial charge in [-0.1, -0.05) is 12.1 Å². The van der Waals surface area contributed by atoms with Gasteiger partial charge in [-0.2, -0.15) is 5.26 Å². The smallest absolute Gasteiger partial charge is 0.410 e. The minimum absolute atomic E-state index is 0.280. The lowest BCUT2D eigenvalue weighted by Crippen LogP contribution is -2.27. The number of benzene rings is 1. The van der Waals surface area contributed by atoms with Crippen molar-refractivity contribution in [3.05, 3.63) is 29.3 Å². The van der Waals surface area contributed by atoms with Gasteiger partial charge in [-0.15, -0.1) is 0 Å². The Morgan fingerprint density at radius 3 is 2.94 bits per heavy atom. The van der Waals surface area contributed by atoms with E-state index in [9.17, 15) is 4.79 Å². The van der Waals surface area contributed by atoms with Crippen molar-refractivity contribution in [2.24, 2.45) is 0 Å². The third kappa shape index (κ3) is 3.62. The molecule has 0 atom stereocenters. The maximum atomic E-state index is 11.3. The number of amides is 1. The molecule has 0 unspecified atom stereocenters. The summed E-state index contributed by atoms with van der Waals surface area (Å²) in [5.41, 5.74) is 1.94. The van der Waals surface area contributed by atoms with E-state index in [1.807, 2.05) is 32.0 Å². The van der Waals surface area contributed by atoms with Crippen molar-refractivity contribution in [2.75, 3.05) is 6.54 Å². The van der Waals surface area contributed by atoms with Gasteiger partial charge in [0.15, 0.2) is 0 Å². The zero-order chi connectivity index (χ0) is 12.0. The largest absolute Gasteiger partial charge is 0.412 e. The summed E-state index contributed by atoms with van der Waals surface area (Å²) in [7, 11) is 0. The number of carbonyl (C=O) groups excluding carboxylic acids is 1. The number of aryl methyl sites for hydroxylation is 2. The number of rotatable bonds is 3. The second-order valence-corrected chi connectivity index (χ2v) is 3.49. The number of nitrogens with one attached hydrogen (secondary N) is 1. The molecule has 1 N–H and O–H groups in total. The maximum Gasteiger partial charge on any atom is 0.412 e. The molecule has 0 heterocycles. The first kappa shape index (κ1) is 12.1. The van der Waals surface area contributed by atoms with E-state index in [1.165, 1.54) is 0 Å². The molecule has 0 aromatic heterocycles. The van der Waals surface area contributed by atoms with Gasteiger partial charge in [0.2, 0.25) is 0 Å². The second-order valence-electron chi connectivity index (χ2n) is 3.49. The van der Waals surface area contributed by atoms with Crippen LogP contribution in [0, 0.1) is 25.2 Å². The molecule has 0 saturated carbocycles. The van der Waals surface area contributed by atoms with Crippen molar-refractivity contribution in [3.63, 3.8) is 0 Å². The van der Waals surface area contributed by atoms with Crippen LogP contribution in [0.4, 0.5) is 4.79 Å². The Labute approximate surface area is 94.8 Å². The molecule has 0 fully saturated rings. The summed E-state index contributed by atoms with van der Waals surface area (Å²) < 4.78 is 5.11. The molecule has 0 aliphatic heterocycles. The average molecular weight is 218 g/mol. The summed E-state index contributed by atoms with van der Waals surface area (Å²) >= 11 is 0. The first-order valence-corrected chi connectivity index (χ1v) is 5.03. The molecule has 1 aromatic carbocycles. The van der Waals surface area contributed by atoms with Gasteiger partial charge in [0.25, 0.3) is 0 Å². The predicted octanol–water partition coefficient (Wildman–Crippen LogP) is 2.31. The molecule has 0 spiro atoms. The fourth-order valence-electron chi connectivity index (χ4n) is 1.17. The van der Waals surface area contributed by atoms with E-state index < -0.39 is 6.09 Å². The third-order valence-corrected chi connectivity index (χ3v) is 2.05. The topological polar surface area (TPSA) is 62.1 Å². The van der Waals surface area contributed by atoms with Gasteiger partial charge in [-0.05, 0) is 31.0 Å². The lowest BCUT2D eigenvalue weighted by Gasteiger charge is -2.08. The summed E-state index contributed by atoms with van der Waals surface area (Å²) in [6.07, 6.45) is -0.244. The van der Waals surface area contributed by atoms with Crippen molar-refractivity contribution in [3.8, 4) is 11.8 Å². The van der Waals surface area contributed by atoms with Crippen LogP contribution in [-0.2, 0) is 0 Å². The van der Waals surface area contributed by atoms with E-state index in [0.717, 1.165) is 11.1 Å². The first-order valence-electron chi connectivity index (χ1n) is 5.03. The van der Waals surface area contributed by atoms with Crippen molar-refractivity contribution >= 4 is 6.09 Å². The van der Waals surface area contributed by atoms with E-state index in [-0.39, 0.29) is 6.42 Å². The minimum Gasteiger partial charge on any atom is -0.410 e. The van der Waals surface area contributed by atoms with Gasteiger partial charge in [0, 0.05) is 6.54 Å². The van der Waals surface area contributed by atoms with E-state index in [1.54, 1.807) is 6.07 Å².